The summed E-state index contributed by atoms with van der Waals surface area (Å²) in [5.74, 6) is -0.304. The molecule has 0 bridgehead atoms. The van der Waals surface area contributed by atoms with Gasteiger partial charge in [0.1, 0.15) is 17.3 Å². The Kier molecular flexibility index (Phi) is 4.41. The van der Waals surface area contributed by atoms with Gasteiger partial charge in [0.2, 0.25) is 0 Å². The molecule has 0 spiro atoms. The zero-order valence-electron chi connectivity index (χ0n) is 11.1. The Bertz CT molecular complexity index is 704. The number of aromatic hydroxyl groups is 2. The monoisotopic (exact) mass is 282 g/mol. The van der Waals surface area contributed by atoms with Crippen molar-refractivity contribution in [3.63, 3.8) is 0 Å². The van der Waals surface area contributed by atoms with Gasteiger partial charge >= 0.3 is 0 Å². The molecule has 0 unspecified atom stereocenters. The highest BCUT2D eigenvalue weighted by atomic mass is 16.3. The summed E-state index contributed by atoms with van der Waals surface area (Å²) in [5.41, 5.74) is 1.13. The molecule has 3 N–H and O–H groups in total. The molecule has 0 fully saturated rings. The van der Waals surface area contributed by atoms with Crippen LogP contribution in [0.4, 0.5) is 0 Å². The third kappa shape index (κ3) is 3.98. The van der Waals surface area contributed by atoms with Crippen LogP contribution in [0, 0.1) is 0 Å². The quantitative estimate of drug-likeness (QED) is 0.744. The largest absolute Gasteiger partial charge is 0.508 e. The van der Waals surface area contributed by atoms with E-state index >= 15 is 0 Å². The molecular weight excluding hydrogens is 268 g/mol. The molecule has 0 saturated heterocycles. The summed E-state index contributed by atoms with van der Waals surface area (Å²) in [7, 11) is 0. The number of phenolic OH excluding ortho intramolecular Hbond substituents is 2. The number of carbonyl (C=O) groups excluding carboxylic acids is 1. The number of hydrogen-bond acceptors (Lipinski definition) is 4. The number of rotatable bonds is 3. The van der Waals surface area contributed by atoms with Crippen molar-refractivity contribution in [1.82, 2.24) is 0 Å². The van der Waals surface area contributed by atoms with Crippen molar-refractivity contribution in [1.29, 1.82) is 0 Å². The van der Waals surface area contributed by atoms with E-state index in [-0.39, 0.29) is 23.0 Å². The van der Waals surface area contributed by atoms with Crippen molar-refractivity contribution in [2.75, 3.05) is 0 Å². The smallest absolute Gasteiger partial charge is 0.182 e. The highest BCUT2D eigenvalue weighted by molar-refractivity contribution is 6.01. The Hall–Kier alpha value is -3.01. The summed E-state index contributed by atoms with van der Waals surface area (Å²) in [5, 5.41) is 28.3. The third-order valence-corrected chi connectivity index (χ3v) is 2.79. The van der Waals surface area contributed by atoms with Crippen LogP contribution in [-0.4, -0.2) is 21.1 Å². The van der Waals surface area contributed by atoms with Gasteiger partial charge in [-0.15, -0.1) is 0 Å². The van der Waals surface area contributed by atoms with Gasteiger partial charge in [-0.1, -0.05) is 30.4 Å². The molecular formula is C17H14O4. The third-order valence-electron chi connectivity index (χ3n) is 2.79. The van der Waals surface area contributed by atoms with Crippen molar-refractivity contribution in [2.24, 2.45) is 0 Å². The molecule has 0 radical (unpaired) electrons. The fraction of sp³-hybridized carbons (Fsp3) is 0. The number of benzene rings is 1. The molecule has 0 aromatic heterocycles. The van der Waals surface area contributed by atoms with Crippen LogP contribution in [0.15, 0.2) is 72.1 Å². The zero-order valence-corrected chi connectivity index (χ0v) is 11.1. The Morgan fingerprint density at radius 3 is 2.48 bits per heavy atom. The number of ketones is 1. The maximum Gasteiger partial charge on any atom is 0.182 e. The average molecular weight is 282 g/mol. The lowest BCUT2D eigenvalue weighted by molar-refractivity contribution is -0.110. The van der Waals surface area contributed by atoms with E-state index in [1.54, 1.807) is 36.4 Å². The lowest BCUT2D eigenvalue weighted by atomic mass is 10.1. The molecule has 1 aliphatic rings. The minimum absolute atomic E-state index is 0.00539. The van der Waals surface area contributed by atoms with Crippen molar-refractivity contribution in [3.8, 4) is 11.5 Å². The molecule has 1 aromatic rings. The Morgan fingerprint density at radius 2 is 1.76 bits per heavy atom. The van der Waals surface area contributed by atoms with E-state index in [1.165, 1.54) is 24.3 Å². The Morgan fingerprint density at radius 1 is 0.952 bits per heavy atom. The van der Waals surface area contributed by atoms with Gasteiger partial charge < -0.3 is 15.3 Å². The van der Waals surface area contributed by atoms with Gasteiger partial charge in [-0.05, 0) is 24.3 Å². The summed E-state index contributed by atoms with van der Waals surface area (Å²) in [6, 6.07) is 4.34. The fourth-order valence-corrected chi connectivity index (χ4v) is 1.72. The molecule has 2 rings (SSSR count). The van der Waals surface area contributed by atoms with Crippen molar-refractivity contribution >= 4 is 11.9 Å². The SMILES string of the molecule is O=C1C=C/C(=C/C=C/C=C/c2ccc(O)cc2O)C(O)=C1. The molecule has 0 saturated carbocycles. The summed E-state index contributed by atoms with van der Waals surface area (Å²) in [6.07, 6.45) is 12.5. The molecule has 0 heterocycles. The number of aliphatic hydroxyl groups is 1. The first-order chi connectivity index (χ1) is 10.1. The fourth-order valence-electron chi connectivity index (χ4n) is 1.72. The van der Waals surface area contributed by atoms with Gasteiger partial charge in [-0.3, -0.25) is 4.79 Å². The lowest BCUT2D eigenvalue weighted by Crippen LogP contribution is -1.98. The molecule has 4 heteroatoms. The standard InChI is InChI=1S/C17H14O4/c18-14-8-6-12(16(20)10-14)4-2-1-3-5-13-7-9-15(19)11-17(13)21/h1-11,18,20-21H/b3-1+,4-2+,13-5-. The van der Waals surface area contributed by atoms with Crippen molar-refractivity contribution in [2.45, 2.75) is 0 Å². The van der Waals surface area contributed by atoms with Crippen molar-refractivity contribution in [3.05, 3.63) is 77.6 Å². The molecule has 0 aliphatic heterocycles. The minimum atomic E-state index is -0.240. The molecule has 1 aromatic carbocycles. The first kappa shape index (κ1) is 14.4. The van der Waals surface area contributed by atoms with Gasteiger partial charge in [0.25, 0.3) is 0 Å². The number of aliphatic hydroxyl groups excluding tert-OH is 1. The topological polar surface area (TPSA) is 77.8 Å². The second kappa shape index (κ2) is 6.43. The first-order valence-corrected chi connectivity index (χ1v) is 6.26. The van der Waals surface area contributed by atoms with Crippen LogP contribution in [-0.2, 0) is 4.79 Å². The first-order valence-electron chi connectivity index (χ1n) is 6.26. The van der Waals surface area contributed by atoms with E-state index in [9.17, 15) is 15.0 Å². The highest BCUT2D eigenvalue weighted by Crippen LogP contribution is 2.23. The molecule has 1 aliphatic carbocycles. The number of phenols is 2. The second-order valence-electron chi connectivity index (χ2n) is 4.37. The summed E-state index contributed by atoms with van der Waals surface area (Å²) in [4.78, 5) is 11.0. The van der Waals surface area contributed by atoms with Crippen LogP contribution >= 0.6 is 0 Å². The van der Waals surface area contributed by atoms with Gasteiger partial charge in [-0.25, -0.2) is 0 Å². The highest BCUT2D eigenvalue weighted by Gasteiger charge is 2.06. The zero-order chi connectivity index (χ0) is 15.2. The van der Waals surface area contributed by atoms with Crippen LogP contribution in [0.1, 0.15) is 5.56 Å². The van der Waals surface area contributed by atoms with Crippen LogP contribution in [0.5, 0.6) is 11.5 Å². The number of carbonyl (C=O) groups is 1. The predicted molar refractivity (Wildman–Crippen MR) is 80.9 cm³/mol. The summed E-state index contributed by atoms with van der Waals surface area (Å²) < 4.78 is 0. The van der Waals surface area contributed by atoms with E-state index < -0.39 is 0 Å². The van der Waals surface area contributed by atoms with Crippen LogP contribution in [0.2, 0.25) is 0 Å². The minimum Gasteiger partial charge on any atom is -0.508 e. The molecule has 0 amide bonds. The Labute approximate surface area is 122 Å². The second-order valence-corrected chi connectivity index (χ2v) is 4.37. The van der Waals surface area contributed by atoms with E-state index in [4.69, 9.17) is 5.11 Å². The number of hydrogen-bond donors (Lipinski definition) is 3. The van der Waals surface area contributed by atoms with Crippen LogP contribution in [0.25, 0.3) is 6.08 Å². The molecule has 4 nitrogen and oxygen atoms in total. The number of allylic oxidation sites excluding steroid dienone is 7. The van der Waals surface area contributed by atoms with Gasteiger partial charge in [0, 0.05) is 23.3 Å². The van der Waals surface area contributed by atoms with E-state index in [1.807, 2.05) is 0 Å². The average Bonchev–Trinajstić information content (AvgIpc) is 2.42. The molecule has 0 atom stereocenters. The summed E-state index contributed by atoms with van der Waals surface area (Å²) in [6.45, 7) is 0. The predicted octanol–water partition coefficient (Wildman–Crippen LogP) is 3.17. The van der Waals surface area contributed by atoms with Crippen molar-refractivity contribution < 1.29 is 20.1 Å². The molecule has 106 valence electrons. The van der Waals surface area contributed by atoms with Crippen LogP contribution < -0.4 is 0 Å². The normalized spacial score (nSPS) is 17.0. The van der Waals surface area contributed by atoms with Gasteiger partial charge in [0.05, 0.1) is 0 Å². The van der Waals surface area contributed by atoms with E-state index in [2.05, 4.69) is 0 Å². The van der Waals surface area contributed by atoms with E-state index in [0.29, 0.717) is 11.1 Å². The van der Waals surface area contributed by atoms with Gasteiger partial charge in [0.15, 0.2) is 5.78 Å². The summed E-state index contributed by atoms with van der Waals surface area (Å²) >= 11 is 0. The Balaban J connectivity index is 2.03. The maximum atomic E-state index is 11.0. The van der Waals surface area contributed by atoms with Gasteiger partial charge in [-0.2, -0.15) is 0 Å². The van der Waals surface area contributed by atoms with Crippen LogP contribution in [0.3, 0.4) is 0 Å². The lowest BCUT2D eigenvalue weighted by Gasteiger charge is -2.03. The maximum absolute atomic E-state index is 11.0. The molecule has 21 heavy (non-hydrogen) atoms. The van der Waals surface area contributed by atoms with E-state index in [0.717, 1.165) is 6.08 Å².